The first-order chi connectivity index (χ1) is 15.6. The van der Waals surface area contributed by atoms with Gasteiger partial charge in [0.25, 0.3) is 0 Å². The fraction of sp³-hybridized carbons (Fsp3) is 0.391. The van der Waals surface area contributed by atoms with Gasteiger partial charge in [0.15, 0.2) is 0 Å². The van der Waals surface area contributed by atoms with Crippen LogP contribution in [0, 0.1) is 5.92 Å². The van der Waals surface area contributed by atoms with Crippen LogP contribution in [0.15, 0.2) is 48.5 Å². The Hall–Kier alpha value is -2.78. The van der Waals surface area contributed by atoms with E-state index in [4.69, 9.17) is 27.2 Å². The lowest BCUT2D eigenvalue weighted by atomic mass is 9.90. The topological polar surface area (TPSA) is 95.7 Å². The summed E-state index contributed by atoms with van der Waals surface area (Å²) in [4.78, 5) is 23.2. The lowest BCUT2D eigenvalue weighted by molar-refractivity contribution is -0.192. The predicted octanol–water partition coefficient (Wildman–Crippen LogP) is 4.60. The van der Waals surface area contributed by atoms with Crippen LogP contribution >= 0.6 is 11.6 Å². The Morgan fingerprint density at radius 2 is 1.48 bits per heavy atom. The summed E-state index contributed by atoms with van der Waals surface area (Å²) in [6.45, 7) is 2.72. The van der Waals surface area contributed by atoms with Crippen LogP contribution in [0.3, 0.4) is 0 Å². The van der Waals surface area contributed by atoms with Gasteiger partial charge in [0.05, 0.1) is 0 Å². The van der Waals surface area contributed by atoms with Crippen molar-refractivity contribution in [1.82, 2.24) is 10.2 Å². The number of likely N-dealkylation sites (tertiary alicyclic amines) is 1. The molecular formula is C23H27ClF3N3O3. The minimum atomic E-state index is -5.08. The highest BCUT2D eigenvalue weighted by Gasteiger charge is 2.38. The van der Waals surface area contributed by atoms with Crippen molar-refractivity contribution in [2.45, 2.75) is 38.5 Å². The number of aliphatic carboxylic acids is 1. The molecule has 0 aromatic heterocycles. The van der Waals surface area contributed by atoms with Crippen LogP contribution in [0.1, 0.15) is 29.5 Å². The van der Waals surface area contributed by atoms with E-state index >= 15 is 0 Å². The summed E-state index contributed by atoms with van der Waals surface area (Å²) in [7, 11) is 0. The van der Waals surface area contributed by atoms with Gasteiger partial charge >= 0.3 is 18.2 Å². The van der Waals surface area contributed by atoms with Crippen molar-refractivity contribution in [2.75, 3.05) is 13.1 Å². The molecule has 2 amide bonds. The molecule has 0 saturated carbocycles. The maximum atomic E-state index is 12.4. The van der Waals surface area contributed by atoms with E-state index in [1.54, 1.807) is 0 Å². The number of amides is 2. The number of carbonyl (C=O) groups is 2. The number of hydrogen-bond donors (Lipinski definition) is 3. The maximum absolute atomic E-state index is 12.4. The summed E-state index contributed by atoms with van der Waals surface area (Å²) in [5, 5.41) is 10.9. The van der Waals surface area contributed by atoms with Crippen molar-refractivity contribution in [3.8, 4) is 0 Å². The Bertz CT molecular complexity index is 898. The van der Waals surface area contributed by atoms with Crippen LogP contribution in [0.4, 0.5) is 18.0 Å². The highest BCUT2D eigenvalue weighted by molar-refractivity contribution is 6.30. The van der Waals surface area contributed by atoms with Crippen molar-refractivity contribution >= 4 is 23.6 Å². The van der Waals surface area contributed by atoms with Crippen molar-refractivity contribution in [2.24, 2.45) is 11.7 Å². The summed E-state index contributed by atoms with van der Waals surface area (Å²) in [5.74, 6) is -2.13. The Morgan fingerprint density at radius 1 is 1.00 bits per heavy atom. The first kappa shape index (κ1) is 26.5. The molecule has 3 rings (SSSR count). The third-order valence-electron chi connectivity index (χ3n) is 5.28. The number of hydrogen-bond acceptors (Lipinski definition) is 3. The number of alkyl halides is 3. The van der Waals surface area contributed by atoms with Crippen molar-refractivity contribution in [3.63, 3.8) is 0 Å². The van der Waals surface area contributed by atoms with Crippen molar-refractivity contribution in [3.05, 3.63) is 70.2 Å². The second kappa shape index (κ2) is 12.5. The first-order valence-corrected chi connectivity index (χ1v) is 10.8. The van der Waals surface area contributed by atoms with Gasteiger partial charge in [0, 0.05) is 31.2 Å². The van der Waals surface area contributed by atoms with Gasteiger partial charge in [-0.15, -0.1) is 0 Å². The van der Waals surface area contributed by atoms with Gasteiger partial charge in [-0.1, -0.05) is 48.0 Å². The molecule has 1 fully saturated rings. The van der Waals surface area contributed by atoms with Crippen molar-refractivity contribution in [1.29, 1.82) is 0 Å². The van der Waals surface area contributed by atoms with E-state index in [-0.39, 0.29) is 6.03 Å². The second-order valence-electron chi connectivity index (χ2n) is 7.74. The highest BCUT2D eigenvalue weighted by atomic mass is 35.5. The minimum Gasteiger partial charge on any atom is -0.475 e. The molecule has 4 N–H and O–H groups in total. The average molecular weight is 486 g/mol. The van der Waals surface area contributed by atoms with Gasteiger partial charge in [-0.3, -0.25) is 0 Å². The molecule has 2 aromatic rings. The molecule has 1 aliphatic rings. The molecule has 0 bridgehead atoms. The van der Waals surface area contributed by atoms with Gasteiger partial charge in [0.1, 0.15) is 0 Å². The molecule has 33 heavy (non-hydrogen) atoms. The highest BCUT2D eigenvalue weighted by Crippen LogP contribution is 2.22. The summed E-state index contributed by atoms with van der Waals surface area (Å²) in [6.07, 6.45) is -1.94. The molecule has 10 heteroatoms. The SMILES string of the molecule is NCc1ccc(CNC(=O)N2CCC(Cc3ccc(Cl)cc3)CC2)cc1.O=C(O)C(F)(F)F. The molecule has 0 unspecified atom stereocenters. The Kier molecular flexibility index (Phi) is 9.99. The molecule has 6 nitrogen and oxygen atoms in total. The third kappa shape index (κ3) is 9.31. The molecule has 2 aromatic carbocycles. The smallest absolute Gasteiger partial charge is 0.475 e. The van der Waals surface area contributed by atoms with Crippen molar-refractivity contribution < 1.29 is 27.9 Å². The molecular weight excluding hydrogens is 459 g/mol. The van der Waals surface area contributed by atoms with Gasteiger partial charge in [-0.05, 0) is 54.0 Å². The number of nitrogens with one attached hydrogen (secondary N) is 1. The summed E-state index contributed by atoms with van der Waals surface area (Å²) < 4.78 is 31.7. The fourth-order valence-corrected chi connectivity index (χ4v) is 3.50. The molecule has 1 heterocycles. The van der Waals surface area contributed by atoms with Crippen LogP contribution in [0.2, 0.25) is 5.02 Å². The van der Waals surface area contributed by atoms with Gasteiger partial charge in [-0.2, -0.15) is 13.2 Å². The molecule has 0 radical (unpaired) electrons. The molecule has 180 valence electrons. The monoisotopic (exact) mass is 485 g/mol. The van der Waals surface area contributed by atoms with Crippen LogP contribution in [-0.2, 0) is 24.3 Å². The number of carboxylic acid groups (broad SMARTS) is 1. The Labute approximate surface area is 195 Å². The fourth-order valence-electron chi connectivity index (χ4n) is 3.38. The quantitative estimate of drug-likeness (QED) is 0.577. The van der Waals surface area contributed by atoms with E-state index in [0.717, 1.165) is 48.5 Å². The number of piperidine rings is 1. The van der Waals surface area contributed by atoms with Crippen LogP contribution in [0.5, 0.6) is 0 Å². The number of benzene rings is 2. The minimum absolute atomic E-state index is 0.0258. The van der Waals surface area contributed by atoms with E-state index in [1.165, 1.54) is 5.56 Å². The zero-order chi connectivity index (χ0) is 24.4. The Balaban J connectivity index is 0.000000479. The van der Waals surface area contributed by atoms with Gasteiger partial charge in [0.2, 0.25) is 0 Å². The standard InChI is InChI=1S/C21H26ClN3O.C2HF3O2/c22-20-7-5-16(6-8-20)13-17-9-11-25(12-10-17)21(26)24-15-19-3-1-18(14-23)2-4-19;3-2(4,5)1(6)7/h1-8,17H,9-15,23H2,(H,24,26);(H,6,7). The number of urea groups is 1. The molecule has 0 aliphatic carbocycles. The number of rotatable bonds is 5. The zero-order valence-electron chi connectivity index (χ0n) is 17.9. The average Bonchev–Trinajstić information content (AvgIpc) is 2.79. The first-order valence-electron chi connectivity index (χ1n) is 10.4. The summed E-state index contributed by atoms with van der Waals surface area (Å²) in [6, 6.07) is 16.1. The van der Waals surface area contributed by atoms with Gasteiger partial charge in [-0.25, -0.2) is 9.59 Å². The molecule has 1 aliphatic heterocycles. The number of nitrogens with zero attached hydrogens (tertiary/aromatic N) is 1. The third-order valence-corrected chi connectivity index (χ3v) is 5.54. The summed E-state index contributed by atoms with van der Waals surface area (Å²) in [5.41, 5.74) is 9.11. The number of carboxylic acids is 1. The molecule has 0 atom stereocenters. The van der Waals surface area contributed by atoms with E-state index in [0.29, 0.717) is 19.0 Å². The maximum Gasteiger partial charge on any atom is 0.490 e. The van der Waals surface area contributed by atoms with Crippen LogP contribution in [0.25, 0.3) is 0 Å². The van der Waals surface area contributed by atoms with E-state index in [1.807, 2.05) is 41.3 Å². The Morgan fingerprint density at radius 3 is 1.97 bits per heavy atom. The lowest BCUT2D eigenvalue weighted by Gasteiger charge is -2.32. The van der Waals surface area contributed by atoms with Crippen LogP contribution in [-0.4, -0.2) is 41.3 Å². The van der Waals surface area contributed by atoms with E-state index in [2.05, 4.69) is 17.4 Å². The summed E-state index contributed by atoms with van der Waals surface area (Å²) >= 11 is 5.94. The normalized spacial score (nSPS) is 14.3. The zero-order valence-corrected chi connectivity index (χ0v) is 18.7. The molecule has 0 spiro atoms. The lowest BCUT2D eigenvalue weighted by Crippen LogP contribution is -2.44. The predicted molar refractivity (Wildman–Crippen MR) is 120 cm³/mol. The van der Waals surface area contributed by atoms with Crippen LogP contribution < -0.4 is 11.1 Å². The largest absolute Gasteiger partial charge is 0.490 e. The van der Waals surface area contributed by atoms with E-state index < -0.39 is 12.1 Å². The number of nitrogens with two attached hydrogens (primary N) is 1. The number of carbonyl (C=O) groups excluding carboxylic acids is 1. The van der Waals surface area contributed by atoms with Gasteiger partial charge < -0.3 is 21.1 Å². The number of halogens is 4. The molecule has 1 saturated heterocycles. The van der Waals surface area contributed by atoms with E-state index in [9.17, 15) is 18.0 Å². The second-order valence-corrected chi connectivity index (χ2v) is 8.18.